The predicted octanol–water partition coefficient (Wildman–Crippen LogP) is 1.13. The summed E-state index contributed by atoms with van der Waals surface area (Å²) in [7, 11) is -1.17. The van der Waals surface area contributed by atoms with Gasteiger partial charge in [-0.15, -0.1) is 10.2 Å². The second kappa shape index (κ2) is 8.29. The van der Waals surface area contributed by atoms with Gasteiger partial charge in [-0.25, -0.2) is 8.42 Å². The first-order chi connectivity index (χ1) is 11.4. The van der Waals surface area contributed by atoms with Crippen LogP contribution in [0.2, 0.25) is 0 Å². The maximum absolute atomic E-state index is 11.7. The summed E-state index contributed by atoms with van der Waals surface area (Å²) in [6, 6.07) is 9.76. The van der Waals surface area contributed by atoms with Crippen molar-refractivity contribution < 1.29 is 13.2 Å². The van der Waals surface area contributed by atoms with Crippen LogP contribution >= 0.6 is 11.8 Å². The highest BCUT2D eigenvalue weighted by Crippen LogP contribution is 2.22. The first-order valence-corrected chi connectivity index (χ1v) is 10.4. The Bertz CT molecular complexity index is 788. The smallest absolute Gasteiger partial charge is 0.220 e. The van der Waals surface area contributed by atoms with E-state index in [0.717, 1.165) is 22.8 Å². The minimum absolute atomic E-state index is 0.0460. The van der Waals surface area contributed by atoms with Gasteiger partial charge in [-0.05, 0) is 0 Å². The van der Waals surface area contributed by atoms with Crippen molar-refractivity contribution in [3.05, 3.63) is 30.3 Å². The molecule has 0 bridgehead atoms. The maximum atomic E-state index is 11.7. The quantitative estimate of drug-likeness (QED) is 0.702. The van der Waals surface area contributed by atoms with Crippen LogP contribution < -0.4 is 5.32 Å². The van der Waals surface area contributed by atoms with Crippen molar-refractivity contribution in [2.24, 2.45) is 7.05 Å². The molecule has 0 radical (unpaired) electrons. The molecule has 0 fully saturated rings. The van der Waals surface area contributed by atoms with E-state index in [4.69, 9.17) is 0 Å². The summed E-state index contributed by atoms with van der Waals surface area (Å²) in [4.78, 5) is 11.7. The molecule has 1 heterocycles. The molecule has 0 aliphatic carbocycles. The van der Waals surface area contributed by atoms with E-state index in [2.05, 4.69) is 15.5 Å². The molecule has 1 amide bonds. The fourth-order valence-electron chi connectivity index (χ4n) is 1.98. The van der Waals surface area contributed by atoms with E-state index in [9.17, 15) is 13.2 Å². The Morgan fingerprint density at radius 1 is 1.25 bits per heavy atom. The van der Waals surface area contributed by atoms with Crippen LogP contribution in [0, 0.1) is 0 Å². The Labute approximate surface area is 145 Å². The molecule has 130 valence electrons. The van der Waals surface area contributed by atoms with Crippen LogP contribution in [0.5, 0.6) is 0 Å². The van der Waals surface area contributed by atoms with Gasteiger partial charge in [0.05, 0.1) is 5.75 Å². The van der Waals surface area contributed by atoms with Gasteiger partial charge in [-0.3, -0.25) is 4.79 Å². The van der Waals surface area contributed by atoms with Gasteiger partial charge in [0.2, 0.25) is 5.91 Å². The van der Waals surface area contributed by atoms with Gasteiger partial charge in [0.1, 0.15) is 9.84 Å². The zero-order valence-corrected chi connectivity index (χ0v) is 15.2. The van der Waals surface area contributed by atoms with Crippen molar-refractivity contribution >= 4 is 27.5 Å². The Hall–Kier alpha value is -1.87. The number of carbonyl (C=O) groups is 1. The fraction of sp³-hybridized carbons (Fsp3) is 0.400. The van der Waals surface area contributed by atoms with Crippen LogP contribution in [0.3, 0.4) is 0 Å². The van der Waals surface area contributed by atoms with Crippen molar-refractivity contribution in [3.8, 4) is 11.4 Å². The molecular formula is C15H20N4O3S2. The Balaban J connectivity index is 1.81. The third-order valence-corrected chi connectivity index (χ3v) is 5.19. The standard InChI is InChI=1S/C15H20N4O3S2/c1-19-14(12-6-4-3-5-7-12)17-18-15(19)23-10-8-13(20)16-9-11-24(2,21)22/h3-7H,8-11H2,1-2H3,(H,16,20). The van der Waals surface area contributed by atoms with Gasteiger partial charge in [0.15, 0.2) is 11.0 Å². The molecule has 0 aliphatic rings. The van der Waals surface area contributed by atoms with E-state index < -0.39 is 9.84 Å². The molecule has 7 nitrogen and oxygen atoms in total. The number of hydrogen-bond acceptors (Lipinski definition) is 6. The van der Waals surface area contributed by atoms with Crippen molar-refractivity contribution in [2.75, 3.05) is 24.3 Å². The molecular weight excluding hydrogens is 348 g/mol. The highest BCUT2D eigenvalue weighted by molar-refractivity contribution is 7.99. The number of nitrogens with zero attached hydrogens (tertiary/aromatic N) is 3. The molecule has 9 heteroatoms. The van der Waals surface area contributed by atoms with Gasteiger partial charge in [-0.1, -0.05) is 42.1 Å². The Morgan fingerprint density at radius 2 is 1.96 bits per heavy atom. The molecule has 1 aromatic carbocycles. The molecule has 0 unspecified atom stereocenters. The number of aromatic nitrogens is 3. The zero-order valence-electron chi connectivity index (χ0n) is 13.6. The van der Waals surface area contributed by atoms with E-state index in [1.165, 1.54) is 11.8 Å². The first kappa shape index (κ1) is 18.5. The minimum atomic E-state index is -3.05. The number of nitrogens with one attached hydrogen (secondary N) is 1. The maximum Gasteiger partial charge on any atom is 0.220 e. The van der Waals surface area contributed by atoms with Gasteiger partial charge < -0.3 is 9.88 Å². The summed E-state index contributed by atoms with van der Waals surface area (Å²) >= 11 is 1.44. The zero-order chi connectivity index (χ0) is 17.6. The highest BCUT2D eigenvalue weighted by Gasteiger charge is 2.11. The van der Waals surface area contributed by atoms with Crippen LogP contribution in [0.1, 0.15) is 6.42 Å². The van der Waals surface area contributed by atoms with Crippen LogP contribution in [0.25, 0.3) is 11.4 Å². The molecule has 0 atom stereocenters. The van der Waals surface area contributed by atoms with Crippen molar-refractivity contribution in [1.82, 2.24) is 20.1 Å². The number of rotatable bonds is 8. The highest BCUT2D eigenvalue weighted by atomic mass is 32.2. The van der Waals surface area contributed by atoms with E-state index >= 15 is 0 Å². The van der Waals surface area contributed by atoms with Crippen molar-refractivity contribution in [1.29, 1.82) is 0 Å². The second-order valence-corrected chi connectivity index (χ2v) is 8.63. The van der Waals surface area contributed by atoms with Crippen LogP contribution in [-0.4, -0.2) is 53.4 Å². The number of hydrogen-bond donors (Lipinski definition) is 1. The van der Waals surface area contributed by atoms with E-state index in [0.29, 0.717) is 12.2 Å². The van der Waals surface area contributed by atoms with Gasteiger partial charge in [0.25, 0.3) is 0 Å². The monoisotopic (exact) mass is 368 g/mol. The lowest BCUT2D eigenvalue weighted by atomic mass is 10.2. The molecule has 24 heavy (non-hydrogen) atoms. The van der Waals surface area contributed by atoms with Gasteiger partial charge in [-0.2, -0.15) is 0 Å². The second-order valence-electron chi connectivity index (χ2n) is 5.31. The normalized spacial score (nSPS) is 11.4. The molecule has 2 rings (SSSR count). The van der Waals surface area contributed by atoms with Gasteiger partial charge in [0, 0.05) is 37.6 Å². The number of thioether (sulfide) groups is 1. The third kappa shape index (κ3) is 5.64. The van der Waals surface area contributed by atoms with Gasteiger partial charge >= 0.3 is 0 Å². The molecule has 0 spiro atoms. The lowest BCUT2D eigenvalue weighted by molar-refractivity contribution is -0.120. The van der Waals surface area contributed by atoms with Crippen molar-refractivity contribution in [3.63, 3.8) is 0 Å². The third-order valence-electron chi connectivity index (χ3n) is 3.22. The van der Waals surface area contributed by atoms with Crippen LogP contribution in [0.15, 0.2) is 35.5 Å². The SMILES string of the molecule is Cn1c(SCCC(=O)NCCS(C)(=O)=O)nnc1-c1ccccc1. The number of sulfone groups is 1. The summed E-state index contributed by atoms with van der Waals surface area (Å²) in [6.45, 7) is 0.143. The van der Waals surface area contributed by atoms with Crippen LogP contribution in [0.4, 0.5) is 0 Å². The van der Waals surface area contributed by atoms with Crippen LogP contribution in [-0.2, 0) is 21.7 Å². The topological polar surface area (TPSA) is 94.0 Å². The first-order valence-electron chi connectivity index (χ1n) is 7.39. The number of benzene rings is 1. The summed E-state index contributed by atoms with van der Waals surface area (Å²) in [6.07, 6.45) is 1.44. The largest absolute Gasteiger partial charge is 0.355 e. The molecule has 1 aromatic heterocycles. The summed E-state index contributed by atoms with van der Waals surface area (Å²) in [5.41, 5.74) is 0.984. The molecule has 1 N–H and O–H groups in total. The number of amides is 1. The lowest BCUT2D eigenvalue weighted by Gasteiger charge is -2.05. The average molecular weight is 368 g/mol. The average Bonchev–Trinajstić information content (AvgIpc) is 2.88. The molecule has 2 aromatic rings. The summed E-state index contributed by atoms with van der Waals surface area (Å²) in [5, 5.41) is 11.7. The summed E-state index contributed by atoms with van der Waals surface area (Å²) in [5.74, 6) is 1.11. The fourth-order valence-corrected chi connectivity index (χ4v) is 3.30. The lowest BCUT2D eigenvalue weighted by Crippen LogP contribution is -2.28. The predicted molar refractivity (Wildman–Crippen MR) is 94.5 cm³/mol. The molecule has 0 saturated heterocycles. The minimum Gasteiger partial charge on any atom is -0.355 e. The molecule has 0 aliphatic heterocycles. The Kier molecular flexibility index (Phi) is 6.38. The van der Waals surface area contributed by atoms with E-state index in [1.807, 2.05) is 41.9 Å². The summed E-state index contributed by atoms with van der Waals surface area (Å²) < 4.78 is 23.9. The van der Waals surface area contributed by atoms with E-state index in [-0.39, 0.29) is 18.2 Å². The molecule has 0 saturated carbocycles. The van der Waals surface area contributed by atoms with E-state index in [1.54, 1.807) is 0 Å². The van der Waals surface area contributed by atoms with Crippen molar-refractivity contribution in [2.45, 2.75) is 11.6 Å². The number of carbonyl (C=O) groups excluding carboxylic acids is 1. The Morgan fingerprint density at radius 3 is 2.62 bits per heavy atom.